The Bertz CT molecular complexity index is 1260. The summed E-state index contributed by atoms with van der Waals surface area (Å²) in [6, 6.07) is 12.8. The summed E-state index contributed by atoms with van der Waals surface area (Å²) in [5, 5.41) is 24.5. The van der Waals surface area contributed by atoms with Crippen LogP contribution in [0.15, 0.2) is 42.6 Å². The van der Waals surface area contributed by atoms with Gasteiger partial charge in [0, 0.05) is 22.4 Å². The van der Waals surface area contributed by atoms with Crippen molar-refractivity contribution in [2.24, 2.45) is 0 Å². The van der Waals surface area contributed by atoms with Crippen LogP contribution < -0.4 is 9.47 Å². The molecule has 0 aliphatic heterocycles. The first-order valence-electron chi connectivity index (χ1n) is 8.04. The van der Waals surface area contributed by atoms with Gasteiger partial charge in [-0.1, -0.05) is 12.1 Å². The van der Waals surface area contributed by atoms with Gasteiger partial charge >= 0.3 is 0 Å². The van der Waals surface area contributed by atoms with Crippen LogP contribution in [-0.2, 0) is 0 Å². The average molecular weight is 355 g/mol. The van der Waals surface area contributed by atoms with Gasteiger partial charge in [0.25, 0.3) is 0 Å². The van der Waals surface area contributed by atoms with Crippen molar-refractivity contribution in [1.82, 2.24) is 14.8 Å². The second kappa shape index (κ2) is 6.32. The lowest BCUT2D eigenvalue weighted by Crippen LogP contribution is -1.93. The zero-order valence-electron chi connectivity index (χ0n) is 14.6. The molecule has 0 atom stereocenters. The Morgan fingerprint density at radius 1 is 1.00 bits per heavy atom. The summed E-state index contributed by atoms with van der Waals surface area (Å²) in [5.41, 5.74) is 3.29. The van der Waals surface area contributed by atoms with Gasteiger partial charge in [-0.3, -0.25) is 4.98 Å². The molecule has 2 heterocycles. The largest absolute Gasteiger partial charge is 0.493 e. The molecule has 7 heteroatoms. The molecule has 2 aromatic heterocycles. The topological polar surface area (TPSA) is 96.8 Å². The molecule has 0 radical (unpaired) electrons. The first kappa shape index (κ1) is 16.4. The number of aromatic nitrogens is 3. The molecule has 0 fully saturated rings. The van der Waals surface area contributed by atoms with E-state index in [-0.39, 0.29) is 0 Å². The predicted octanol–water partition coefficient (Wildman–Crippen LogP) is 3.47. The van der Waals surface area contributed by atoms with Crippen LogP contribution in [-0.4, -0.2) is 29.0 Å². The van der Waals surface area contributed by atoms with E-state index in [1.165, 1.54) is 4.68 Å². The summed E-state index contributed by atoms with van der Waals surface area (Å²) < 4.78 is 12.0. The second-order valence-corrected chi connectivity index (χ2v) is 5.79. The third-order valence-electron chi connectivity index (χ3n) is 4.40. The minimum absolute atomic E-state index is 0.556. The van der Waals surface area contributed by atoms with Crippen molar-refractivity contribution in [3.05, 3.63) is 48.2 Å². The van der Waals surface area contributed by atoms with Crippen molar-refractivity contribution in [3.63, 3.8) is 0 Å². The minimum atomic E-state index is 0.556. The standard InChI is InChI=1S/C20H13N5O2/c1-26-17-7-14-15(8-18(17)27-2)23-10-16-19(14)20(24-25(16)11-22)13-5-3-12(9-21)4-6-13/h3-8,10H,1-2H3. The molecular weight excluding hydrogens is 342 g/mol. The first-order chi connectivity index (χ1) is 13.2. The predicted molar refractivity (Wildman–Crippen MR) is 99.3 cm³/mol. The van der Waals surface area contributed by atoms with Gasteiger partial charge in [-0.15, -0.1) is 0 Å². The van der Waals surface area contributed by atoms with E-state index in [0.717, 1.165) is 16.3 Å². The summed E-state index contributed by atoms with van der Waals surface area (Å²) in [4.78, 5) is 4.45. The van der Waals surface area contributed by atoms with Crippen LogP contribution in [0.2, 0.25) is 0 Å². The van der Waals surface area contributed by atoms with Crippen molar-refractivity contribution in [3.8, 4) is 35.0 Å². The molecular formula is C20H13N5O2. The Kier molecular flexibility index (Phi) is 3.83. The quantitative estimate of drug-likeness (QED) is 0.558. The molecule has 0 bridgehead atoms. The van der Waals surface area contributed by atoms with E-state index in [2.05, 4.69) is 22.3 Å². The van der Waals surface area contributed by atoms with Gasteiger partial charge in [0.05, 0.1) is 37.6 Å². The molecule has 4 rings (SSSR count). The zero-order valence-corrected chi connectivity index (χ0v) is 14.6. The van der Waals surface area contributed by atoms with Gasteiger partial charge in [-0.2, -0.15) is 20.3 Å². The van der Waals surface area contributed by atoms with Crippen LogP contribution in [0.4, 0.5) is 0 Å². The molecule has 0 spiro atoms. The number of pyridine rings is 1. The summed E-state index contributed by atoms with van der Waals surface area (Å²) in [5.74, 6) is 1.14. The van der Waals surface area contributed by atoms with E-state index >= 15 is 0 Å². The van der Waals surface area contributed by atoms with Gasteiger partial charge < -0.3 is 9.47 Å². The average Bonchev–Trinajstić information content (AvgIpc) is 3.11. The number of fused-ring (bicyclic) bond motifs is 3. The Labute approximate surface area is 154 Å². The summed E-state index contributed by atoms with van der Waals surface area (Å²) >= 11 is 0. The van der Waals surface area contributed by atoms with Crippen molar-refractivity contribution in [2.75, 3.05) is 14.2 Å². The fourth-order valence-corrected chi connectivity index (χ4v) is 3.10. The smallest absolute Gasteiger partial charge is 0.207 e. The van der Waals surface area contributed by atoms with Crippen molar-refractivity contribution < 1.29 is 9.47 Å². The summed E-state index contributed by atoms with van der Waals surface area (Å²) in [6.45, 7) is 0. The number of nitriles is 2. The molecule has 0 saturated heterocycles. The van der Waals surface area contributed by atoms with Crippen molar-refractivity contribution in [1.29, 1.82) is 10.5 Å². The van der Waals surface area contributed by atoms with E-state index in [9.17, 15) is 5.26 Å². The number of benzene rings is 2. The Morgan fingerprint density at radius 3 is 2.33 bits per heavy atom. The monoisotopic (exact) mass is 355 g/mol. The van der Waals surface area contributed by atoms with Crippen molar-refractivity contribution >= 4 is 21.8 Å². The van der Waals surface area contributed by atoms with Crippen LogP contribution in [0.5, 0.6) is 11.5 Å². The van der Waals surface area contributed by atoms with Crippen LogP contribution in [0, 0.1) is 22.8 Å². The fraction of sp³-hybridized carbons (Fsp3) is 0.100. The normalized spacial score (nSPS) is 10.5. The number of hydrogen-bond donors (Lipinski definition) is 0. The number of hydrogen-bond acceptors (Lipinski definition) is 6. The van der Waals surface area contributed by atoms with E-state index in [1.807, 2.05) is 18.2 Å². The molecule has 0 saturated carbocycles. The number of rotatable bonds is 3. The molecule has 4 aromatic rings. The van der Waals surface area contributed by atoms with Gasteiger partial charge in [0.2, 0.25) is 6.19 Å². The Balaban J connectivity index is 2.10. The number of nitrogens with zero attached hydrogens (tertiary/aromatic N) is 5. The first-order valence-corrected chi connectivity index (χ1v) is 8.04. The van der Waals surface area contributed by atoms with Gasteiger partial charge in [-0.25, -0.2) is 0 Å². The maximum absolute atomic E-state index is 9.47. The van der Waals surface area contributed by atoms with E-state index < -0.39 is 0 Å². The van der Waals surface area contributed by atoms with E-state index in [1.54, 1.807) is 38.6 Å². The molecule has 27 heavy (non-hydrogen) atoms. The molecule has 0 amide bonds. The van der Waals surface area contributed by atoms with Crippen LogP contribution in [0.3, 0.4) is 0 Å². The van der Waals surface area contributed by atoms with Gasteiger partial charge in [0.15, 0.2) is 11.5 Å². The molecule has 0 N–H and O–H groups in total. The molecule has 130 valence electrons. The van der Waals surface area contributed by atoms with Crippen LogP contribution in [0.25, 0.3) is 33.1 Å². The highest BCUT2D eigenvalue weighted by atomic mass is 16.5. The number of methoxy groups -OCH3 is 2. The Morgan fingerprint density at radius 2 is 1.70 bits per heavy atom. The SMILES string of the molecule is COc1cc2ncc3c(c(-c4ccc(C#N)cc4)nn3C#N)c2cc1OC. The molecule has 0 unspecified atom stereocenters. The van der Waals surface area contributed by atoms with E-state index in [4.69, 9.17) is 14.7 Å². The summed E-state index contributed by atoms with van der Waals surface area (Å²) in [7, 11) is 3.13. The third-order valence-corrected chi connectivity index (χ3v) is 4.40. The maximum Gasteiger partial charge on any atom is 0.207 e. The molecule has 7 nitrogen and oxygen atoms in total. The van der Waals surface area contributed by atoms with Gasteiger partial charge in [-0.05, 0) is 18.2 Å². The summed E-state index contributed by atoms with van der Waals surface area (Å²) in [6.07, 6.45) is 3.67. The van der Waals surface area contributed by atoms with Crippen molar-refractivity contribution in [2.45, 2.75) is 0 Å². The minimum Gasteiger partial charge on any atom is -0.493 e. The lowest BCUT2D eigenvalue weighted by atomic mass is 10.0. The van der Waals surface area contributed by atoms with Crippen LogP contribution in [0.1, 0.15) is 5.56 Å². The number of ether oxygens (including phenoxy) is 2. The lowest BCUT2D eigenvalue weighted by molar-refractivity contribution is 0.356. The molecule has 0 aliphatic rings. The van der Waals surface area contributed by atoms with Crippen LogP contribution >= 0.6 is 0 Å². The fourth-order valence-electron chi connectivity index (χ4n) is 3.10. The maximum atomic E-state index is 9.47. The highest BCUT2D eigenvalue weighted by Crippen LogP contribution is 2.38. The highest BCUT2D eigenvalue weighted by molar-refractivity contribution is 6.12. The Hall–Kier alpha value is -4.10. The zero-order chi connectivity index (χ0) is 19.0. The second-order valence-electron chi connectivity index (χ2n) is 5.79. The van der Waals surface area contributed by atoms with E-state index in [0.29, 0.717) is 33.8 Å². The highest BCUT2D eigenvalue weighted by Gasteiger charge is 2.18. The third kappa shape index (κ3) is 2.50. The molecule has 0 aliphatic carbocycles. The lowest BCUT2D eigenvalue weighted by Gasteiger charge is -2.09. The molecule has 2 aromatic carbocycles. The van der Waals surface area contributed by atoms with Gasteiger partial charge in [0.1, 0.15) is 11.2 Å².